The van der Waals surface area contributed by atoms with Crippen LogP contribution in [0.2, 0.25) is 0 Å². The number of methoxy groups -OCH3 is 1. The van der Waals surface area contributed by atoms with Gasteiger partial charge in [0.1, 0.15) is 0 Å². The third kappa shape index (κ3) is 4.46. The molecule has 0 radical (unpaired) electrons. The number of hydrogen-bond donors (Lipinski definition) is 2. The van der Waals surface area contributed by atoms with Crippen LogP contribution in [-0.2, 0) is 16.0 Å². The van der Waals surface area contributed by atoms with Gasteiger partial charge in [0.25, 0.3) is 11.5 Å². The van der Waals surface area contributed by atoms with E-state index < -0.39 is 17.4 Å². The Hall–Kier alpha value is -4.01. The highest BCUT2D eigenvalue weighted by Crippen LogP contribution is 2.10. The van der Waals surface area contributed by atoms with Crippen LogP contribution in [0.3, 0.4) is 0 Å². The van der Waals surface area contributed by atoms with Crippen LogP contribution in [0.25, 0.3) is 5.69 Å². The van der Waals surface area contributed by atoms with Crippen molar-refractivity contribution in [3.05, 3.63) is 82.0 Å². The Balaban J connectivity index is 1.97. The van der Waals surface area contributed by atoms with Crippen LogP contribution < -0.4 is 11.0 Å². The van der Waals surface area contributed by atoms with Crippen LogP contribution in [0.4, 0.5) is 0 Å². The van der Waals surface area contributed by atoms with Crippen LogP contribution in [0, 0.1) is 0 Å². The summed E-state index contributed by atoms with van der Waals surface area (Å²) in [7, 11) is 1.27. The second-order valence-electron chi connectivity index (χ2n) is 6.07. The molecule has 0 saturated carbocycles. The van der Waals surface area contributed by atoms with E-state index in [1.165, 1.54) is 18.0 Å². The molecule has 3 rings (SSSR count). The Bertz CT molecular complexity index is 1100. The number of amides is 1. The van der Waals surface area contributed by atoms with Crippen molar-refractivity contribution < 1.29 is 14.3 Å². The van der Waals surface area contributed by atoms with Crippen LogP contribution >= 0.6 is 0 Å². The molecule has 0 spiro atoms. The van der Waals surface area contributed by atoms with Gasteiger partial charge in [-0.15, -0.1) is 0 Å². The molecule has 0 aliphatic rings. The highest BCUT2D eigenvalue weighted by molar-refractivity contribution is 6.02. The summed E-state index contributed by atoms with van der Waals surface area (Å²) >= 11 is 0. The molecule has 0 atom stereocenters. The number of carbonyl (C=O) groups excluding carboxylic acids is 2. The maximum absolute atomic E-state index is 13.0. The molecule has 0 unspecified atom stereocenters. The first-order valence-corrected chi connectivity index (χ1v) is 8.72. The molecule has 148 valence electrons. The number of H-pyrrole nitrogens is 1. The topological polar surface area (TPSA) is 118 Å². The average molecular weight is 393 g/mol. The van der Waals surface area contributed by atoms with Gasteiger partial charge < -0.3 is 4.74 Å². The van der Waals surface area contributed by atoms with Crippen molar-refractivity contribution in [3.8, 4) is 5.69 Å². The van der Waals surface area contributed by atoms with E-state index in [1.54, 1.807) is 49.5 Å². The highest BCUT2D eigenvalue weighted by Gasteiger charge is 2.20. The summed E-state index contributed by atoms with van der Waals surface area (Å²) in [5.74, 6) is -0.981. The number of carbonyl (C=O) groups is 2. The minimum atomic E-state index is -0.514. The maximum atomic E-state index is 13.0. The predicted octanol–water partition coefficient (Wildman–Crippen LogP) is 1.43. The van der Waals surface area contributed by atoms with E-state index in [0.717, 1.165) is 0 Å². The third-order valence-corrected chi connectivity index (χ3v) is 4.14. The van der Waals surface area contributed by atoms with Crippen LogP contribution in [-0.4, -0.2) is 39.5 Å². The van der Waals surface area contributed by atoms with E-state index >= 15 is 0 Å². The highest BCUT2D eigenvalue weighted by atomic mass is 16.5. The number of aromatic amines is 1. The fraction of sp³-hybridized carbons (Fsp3) is 0.150. The molecular weight excluding hydrogens is 374 g/mol. The van der Waals surface area contributed by atoms with Crippen LogP contribution in [0.5, 0.6) is 0 Å². The molecule has 9 nitrogen and oxygen atoms in total. The van der Waals surface area contributed by atoms with E-state index in [2.05, 4.69) is 20.6 Å². The average Bonchev–Trinajstić information content (AvgIpc) is 3.08. The molecule has 3 aromatic rings. The number of nitrogens with one attached hydrogen (secondary N) is 2. The van der Waals surface area contributed by atoms with E-state index in [0.29, 0.717) is 16.9 Å². The zero-order valence-electron chi connectivity index (χ0n) is 15.9. The smallest absolute Gasteiger partial charge is 0.311 e. The Morgan fingerprint density at radius 2 is 1.97 bits per heavy atom. The number of ether oxygens (including phenoxy) is 1. The van der Waals surface area contributed by atoms with E-state index in [-0.39, 0.29) is 17.7 Å². The Morgan fingerprint density at radius 1 is 1.21 bits per heavy atom. The number of pyridine rings is 1. The fourth-order valence-electron chi connectivity index (χ4n) is 2.71. The number of hydrazone groups is 1. The first-order chi connectivity index (χ1) is 14.0. The molecule has 9 heteroatoms. The van der Waals surface area contributed by atoms with E-state index in [4.69, 9.17) is 4.74 Å². The second-order valence-corrected chi connectivity index (χ2v) is 6.07. The lowest BCUT2D eigenvalue weighted by Crippen LogP contribution is -2.24. The fourth-order valence-corrected chi connectivity index (χ4v) is 2.71. The first kappa shape index (κ1) is 19.7. The van der Waals surface area contributed by atoms with Gasteiger partial charge in [0.15, 0.2) is 0 Å². The quantitative estimate of drug-likeness (QED) is 0.373. The minimum Gasteiger partial charge on any atom is -0.469 e. The summed E-state index contributed by atoms with van der Waals surface area (Å²) in [6.45, 7) is 1.57. The van der Waals surface area contributed by atoms with Gasteiger partial charge in [-0.05, 0) is 31.2 Å². The molecule has 1 aromatic carbocycles. The molecule has 2 heterocycles. The van der Waals surface area contributed by atoms with Crippen molar-refractivity contribution in [1.82, 2.24) is 20.2 Å². The molecule has 0 aliphatic heterocycles. The van der Waals surface area contributed by atoms with E-state index in [1.807, 2.05) is 6.07 Å². The van der Waals surface area contributed by atoms with Gasteiger partial charge in [-0.25, -0.2) is 10.1 Å². The second kappa shape index (κ2) is 8.79. The number of hydrogen-bond acceptors (Lipinski definition) is 6. The van der Waals surface area contributed by atoms with Gasteiger partial charge in [0, 0.05) is 12.4 Å². The van der Waals surface area contributed by atoms with Gasteiger partial charge in [0.2, 0.25) is 0 Å². The predicted molar refractivity (Wildman–Crippen MR) is 106 cm³/mol. The lowest BCUT2D eigenvalue weighted by Gasteiger charge is -2.03. The Labute approximate surface area is 166 Å². The monoisotopic (exact) mass is 393 g/mol. The van der Waals surface area contributed by atoms with Gasteiger partial charge in [-0.2, -0.15) is 5.10 Å². The number of benzene rings is 1. The number of esters is 1. The number of nitrogens with zero attached hydrogens (tertiary/aromatic N) is 3. The summed E-state index contributed by atoms with van der Waals surface area (Å²) in [5.41, 5.74) is 3.70. The van der Waals surface area contributed by atoms with Crippen molar-refractivity contribution in [2.75, 3.05) is 7.11 Å². The standard InChI is InChI=1S/C20H19N5O4/c1-13(22-23-19(27)14-7-6-10-21-12-14)18-16(11-17(26)29-2)24-25(20(18)28)15-8-4-3-5-9-15/h3-10,12,24H,11H2,1-2H3,(H,23,27). The maximum Gasteiger partial charge on any atom is 0.311 e. The molecule has 0 fully saturated rings. The minimum absolute atomic E-state index is 0.148. The molecule has 1 amide bonds. The van der Waals surface area contributed by atoms with Crippen molar-refractivity contribution >= 4 is 17.6 Å². The van der Waals surface area contributed by atoms with Crippen molar-refractivity contribution in [2.45, 2.75) is 13.3 Å². The molecule has 0 aliphatic carbocycles. The zero-order valence-corrected chi connectivity index (χ0v) is 15.9. The lowest BCUT2D eigenvalue weighted by atomic mass is 10.1. The van der Waals surface area contributed by atoms with E-state index in [9.17, 15) is 14.4 Å². The normalized spacial score (nSPS) is 11.2. The van der Waals surface area contributed by atoms with Crippen molar-refractivity contribution in [2.24, 2.45) is 5.10 Å². The summed E-state index contributed by atoms with van der Waals surface area (Å²) in [4.78, 5) is 40.8. The summed E-state index contributed by atoms with van der Waals surface area (Å²) < 4.78 is 6.03. The molecule has 2 aromatic heterocycles. The van der Waals surface area contributed by atoms with Crippen molar-refractivity contribution in [1.29, 1.82) is 0 Å². The first-order valence-electron chi connectivity index (χ1n) is 8.72. The third-order valence-electron chi connectivity index (χ3n) is 4.14. The largest absolute Gasteiger partial charge is 0.469 e. The van der Waals surface area contributed by atoms with Crippen LogP contribution in [0.1, 0.15) is 28.5 Å². The molecule has 2 N–H and O–H groups in total. The number of para-hydroxylation sites is 1. The number of rotatable bonds is 6. The van der Waals surface area contributed by atoms with Gasteiger partial charge >= 0.3 is 5.97 Å². The SMILES string of the molecule is COC(=O)Cc1[nH]n(-c2ccccc2)c(=O)c1C(C)=NNC(=O)c1cccnc1. The van der Waals surface area contributed by atoms with Gasteiger partial charge in [-0.1, -0.05) is 18.2 Å². The molecule has 29 heavy (non-hydrogen) atoms. The molecule has 0 bridgehead atoms. The summed E-state index contributed by atoms with van der Waals surface area (Å²) in [6.07, 6.45) is 2.81. The van der Waals surface area contributed by atoms with Crippen molar-refractivity contribution in [3.63, 3.8) is 0 Å². The Kier molecular flexibility index (Phi) is 5.98. The van der Waals surface area contributed by atoms with Gasteiger partial charge in [0.05, 0.1) is 41.8 Å². The molecule has 0 saturated heterocycles. The summed E-state index contributed by atoms with van der Waals surface area (Å²) in [6, 6.07) is 12.1. The zero-order chi connectivity index (χ0) is 20.8. The molecular formula is C20H19N5O4. The Morgan fingerprint density at radius 3 is 2.62 bits per heavy atom. The van der Waals surface area contributed by atoms with Gasteiger partial charge in [-0.3, -0.25) is 24.5 Å². The summed E-state index contributed by atoms with van der Waals surface area (Å²) in [5, 5.41) is 6.97. The number of aromatic nitrogens is 3. The lowest BCUT2D eigenvalue weighted by molar-refractivity contribution is -0.139. The van der Waals surface area contributed by atoms with Crippen LogP contribution in [0.15, 0.2) is 64.8 Å².